The van der Waals surface area contributed by atoms with Crippen molar-refractivity contribution in [2.75, 3.05) is 6.61 Å². The number of phenols is 1. The van der Waals surface area contributed by atoms with Crippen molar-refractivity contribution in [3.8, 4) is 5.75 Å². The fourth-order valence-corrected chi connectivity index (χ4v) is 3.63. The number of fused-ring (bicyclic) bond motifs is 1. The van der Waals surface area contributed by atoms with Gasteiger partial charge in [-0.15, -0.1) is 0 Å². The first kappa shape index (κ1) is 13.9. The molecule has 0 aromatic heterocycles. The predicted octanol–water partition coefficient (Wildman–Crippen LogP) is 3.32. The summed E-state index contributed by atoms with van der Waals surface area (Å²) in [5.41, 5.74) is 2.67. The van der Waals surface area contributed by atoms with Gasteiger partial charge in [0.2, 0.25) is 0 Å². The molecular weight excluding hydrogens is 250 g/mol. The van der Waals surface area contributed by atoms with Crippen LogP contribution in [-0.2, 0) is 11.2 Å². The zero-order valence-electron chi connectivity index (χ0n) is 12.3. The van der Waals surface area contributed by atoms with Crippen molar-refractivity contribution in [3.63, 3.8) is 0 Å². The molecule has 1 aromatic rings. The summed E-state index contributed by atoms with van der Waals surface area (Å²) in [6.45, 7) is 3.14. The van der Waals surface area contributed by atoms with Gasteiger partial charge in [-0.25, -0.2) is 0 Å². The summed E-state index contributed by atoms with van der Waals surface area (Å²) in [7, 11) is 0. The normalized spacial score (nSPS) is 27.2. The lowest BCUT2D eigenvalue weighted by molar-refractivity contribution is 0.0717. The van der Waals surface area contributed by atoms with Gasteiger partial charge in [0, 0.05) is 18.7 Å². The van der Waals surface area contributed by atoms with Crippen LogP contribution < -0.4 is 5.32 Å². The van der Waals surface area contributed by atoms with Crippen molar-refractivity contribution in [1.82, 2.24) is 5.32 Å². The third-order valence-electron chi connectivity index (χ3n) is 4.71. The largest absolute Gasteiger partial charge is 0.508 e. The summed E-state index contributed by atoms with van der Waals surface area (Å²) in [5, 5.41) is 13.6. The highest BCUT2D eigenvalue weighted by Crippen LogP contribution is 2.33. The van der Waals surface area contributed by atoms with Gasteiger partial charge in [-0.2, -0.15) is 0 Å². The number of hydrogen-bond donors (Lipinski definition) is 2. The maximum absolute atomic E-state index is 9.76. The summed E-state index contributed by atoms with van der Waals surface area (Å²) in [5.74, 6) is 0.377. The van der Waals surface area contributed by atoms with Crippen molar-refractivity contribution in [2.24, 2.45) is 0 Å². The first-order valence-electron chi connectivity index (χ1n) is 7.97. The number of phenolic OH excluding ortho intramolecular Hbond substituents is 1. The minimum absolute atomic E-state index is 0.361. The van der Waals surface area contributed by atoms with Crippen molar-refractivity contribution < 1.29 is 9.84 Å². The minimum atomic E-state index is 0.361. The lowest BCUT2D eigenvalue weighted by atomic mass is 9.86. The van der Waals surface area contributed by atoms with Crippen LogP contribution in [0.25, 0.3) is 0 Å². The molecular formula is C17H25NO2. The highest BCUT2D eigenvalue weighted by molar-refractivity contribution is 5.38. The van der Waals surface area contributed by atoms with E-state index in [-0.39, 0.29) is 0 Å². The molecule has 1 aliphatic heterocycles. The van der Waals surface area contributed by atoms with E-state index in [0.29, 0.717) is 23.9 Å². The maximum atomic E-state index is 9.76. The lowest BCUT2D eigenvalue weighted by Crippen LogP contribution is -2.42. The van der Waals surface area contributed by atoms with Gasteiger partial charge < -0.3 is 15.2 Å². The number of aryl methyl sites for hydroxylation is 1. The zero-order chi connectivity index (χ0) is 13.9. The van der Waals surface area contributed by atoms with E-state index < -0.39 is 0 Å². The van der Waals surface area contributed by atoms with Gasteiger partial charge in [0.25, 0.3) is 0 Å². The molecule has 1 fully saturated rings. The van der Waals surface area contributed by atoms with Crippen molar-refractivity contribution in [1.29, 1.82) is 0 Å². The highest BCUT2D eigenvalue weighted by atomic mass is 16.5. The topological polar surface area (TPSA) is 41.5 Å². The molecule has 0 radical (unpaired) electrons. The van der Waals surface area contributed by atoms with Gasteiger partial charge in [-0.1, -0.05) is 13.0 Å². The number of aromatic hydroxyl groups is 1. The van der Waals surface area contributed by atoms with Gasteiger partial charge in [-0.3, -0.25) is 0 Å². The lowest BCUT2D eigenvalue weighted by Gasteiger charge is -2.32. The second-order valence-electron chi connectivity index (χ2n) is 6.06. The van der Waals surface area contributed by atoms with Gasteiger partial charge in [0.15, 0.2) is 0 Å². The van der Waals surface area contributed by atoms with Crippen LogP contribution in [0.1, 0.15) is 56.2 Å². The third-order valence-corrected chi connectivity index (χ3v) is 4.71. The molecule has 3 atom stereocenters. The van der Waals surface area contributed by atoms with Crippen LogP contribution in [0.3, 0.4) is 0 Å². The molecule has 1 heterocycles. The highest BCUT2D eigenvalue weighted by Gasteiger charge is 2.29. The average molecular weight is 275 g/mol. The van der Waals surface area contributed by atoms with Gasteiger partial charge >= 0.3 is 0 Å². The summed E-state index contributed by atoms with van der Waals surface area (Å²) in [6, 6.07) is 6.61. The number of benzene rings is 1. The zero-order valence-corrected chi connectivity index (χ0v) is 12.3. The van der Waals surface area contributed by atoms with Crippen LogP contribution in [0.2, 0.25) is 0 Å². The fraction of sp³-hybridized carbons (Fsp3) is 0.647. The molecule has 1 saturated heterocycles. The van der Waals surface area contributed by atoms with Crippen molar-refractivity contribution in [2.45, 2.75) is 63.6 Å². The molecule has 3 heteroatoms. The molecule has 0 amide bonds. The predicted molar refractivity (Wildman–Crippen MR) is 80.0 cm³/mol. The van der Waals surface area contributed by atoms with Crippen LogP contribution in [0, 0.1) is 0 Å². The van der Waals surface area contributed by atoms with E-state index >= 15 is 0 Å². The Hall–Kier alpha value is -1.06. The van der Waals surface area contributed by atoms with E-state index in [1.165, 1.54) is 30.4 Å². The SMILES string of the molecule is CC[C@H](N[C@@H]1CCCc2ccc(O)cc21)[C@@H]1CCCO1. The van der Waals surface area contributed by atoms with Crippen LogP contribution in [0.15, 0.2) is 18.2 Å². The van der Waals surface area contributed by atoms with Gasteiger partial charge in [0.1, 0.15) is 5.75 Å². The average Bonchev–Trinajstić information content (AvgIpc) is 2.99. The Bertz CT molecular complexity index is 454. The molecule has 1 aromatic carbocycles. The number of nitrogens with one attached hydrogen (secondary N) is 1. The van der Waals surface area contributed by atoms with E-state index in [1.807, 2.05) is 6.07 Å². The Morgan fingerprint density at radius 3 is 3.00 bits per heavy atom. The monoisotopic (exact) mass is 275 g/mol. The Labute approximate surface area is 121 Å². The van der Waals surface area contributed by atoms with Gasteiger partial charge in [-0.05, 0) is 61.8 Å². The smallest absolute Gasteiger partial charge is 0.115 e. The van der Waals surface area contributed by atoms with E-state index in [1.54, 1.807) is 6.07 Å². The Morgan fingerprint density at radius 2 is 2.25 bits per heavy atom. The summed E-state index contributed by atoms with van der Waals surface area (Å²) in [6.07, 6.45) is 7.31. The first-order chi connectivity index (χ1) is 9.78. The molecule has 2 N–H and O–H groups in total. The van der Waals surface area contributed by atoms with Gasteiger partial charge in [0.05, 0.1) is 6.10 Å². The molecule has 2 aliphatic rings. The quantitative estimate of drug-likeness (QED) is 0.885. The van der Waals surface area contributed by atoms with E-state index in [2.05, 4.69) is 18.3 Å². The van der Waals surface area contributed by atoms with Crippen LogP contribution >= 0.6 is 0 Å². The summed E-state index contributed by atoms with van der Waals surface area (Å²) < 4.78 is 5.85. The second-order valence-corrected chi connectivity index (χ2v) is 6.06. The molecule has 0 spiro atoms. The molecule has 0 bridgehead atoms. The Balaban J connectivity index is 1.76. The molecule has 110 valence electrons. The summed E-state index contributed by atoms with van der Waals surface area (Å²) >= 11 is 0. The standard InChI is InChI=1S/C17H25NO2/c1-2-15(17-7-4-10-20-17)18-16-6-3-5-12-8-9-13(19)11-14(12)16/h8-9,11,15-19H,2-7,10H2,1H3/t15-,16+,17-/m0/s1. The van der Waals surface area contributed by atoms with Crippen LogP contribution in [0.4, 0.5) is 0 Å². The Morgan fingerprint density at radius 1 is 1.35 bits per heavy atom. The Kier molecular flexibility index (Phi) is 4.27. The molecule has 0 saturated carbocycles. The molecule has 3 nitrogen and oxygen atoms in total. The van der Waals surface area contributed by atoms with Crippen molar-refractivity contribution in [3.05, 3.63) is 29.3 Å². The fourth-order valence-electron chi connectivity index (χ4n) is 3.63. The molecule has 0 unspecified atom stereocenters. The number of rotatable bonds is 4. The number of hydrogen-bond acceptors (Lipinski definition) is 3. The van der Waals surface area contributed by atoms with E-state index in [4.69, 9.17) is 4.74 Å². The maximum Gasteiger partial charge on any atom is 0.115 e. The number of ether oxygens (including phenoxy) is 1. The van der Waals surface area contributed by atoms with Crippen molar-refractivity contribution >= 4 is 0 Å². The molecule has 1 aliphatic carbocycles. The second kappa shape index (κ2) is 6.15. The molecule has 3 rings (SSSR count). The van der Waals surface area contributed by atoms with Crippen LogP contribution in [0.5, 0.6) is 5.75 Å². The van der Waals surface area contributed by atoms with Crippen LogP contribution in [-0.4, -0.2) is 23.9 Å². The third kappa shape index (κ3) is 2.84. The first-order valence-corrected chi connectivity index (χ1v) is 7.97. The van der Waals surface area contributed by atoms with E-state index in [0.717, 1.165) is 25.9 Å². The summed E-state index contributed by atoms with van der Waals surface area (Å²) in [4.78, 5) is 0. The molecule has 20 heavy (non-hydrogen) atoms. The minimum Gasteiger partial charge on any atom is -0.508 e. The van der Waals surface area contributed by atoms with E-state index in [9.17, 15) is 5.11 Å².